The number of pyridine rings is 1. The van der Waals surface area contributed by atoms with E-state index in [9.17, 15) is 0 Å². The molecule has 3 rings (SSSR count). The zero-order valence-electron chi connectivity index (χ0n) is 6.81. The molecule has 1 aliphatic heterocycles. The van der Waals surface area contributed by atoms with Gasteiger partial charge in [0.25, 0.3) is 0 Å². The number of benzene rings is 1. The Labute approximate surface area is 75.1 Å². The van der Waals surface area contributed by atoms with Gasteiger partial charge in [0.05, 0.1) is 11.7 Å². The third-order valence-electron chi connectivity index (χ3n) is 2.11. The Morgan fingerprint density at radius 3 is 3.00 bits per heavy atom. The van der Waals surface area contributed by atoms with Crippen LogP contribution in [-0.2, 0) is 0 Å². The lowest BCUT2D eigenvalue weighted by Gasteiger charge is -2.00. The van der Waals surface area contributed by atoms with Crippen LogP contribution in [0, 0.1) is 0 Å². The summed E-state index contributed by atoms with van der Waals surface area (Å²) < 4.78 is 0. The van der Waals surface area contributed by atoms with Crippen molar-refractivity contribution in [3.8, 4) is 0 Å². The number of aromatic nitrogens is 1. The summed E-state index contributed by atoms with van der Waals surface area (Å²) in [5.41, 5.74) is 2.76. The van der Waals surface area contributed by atoms with Crippen LogP contribution < -0.4 is 5.32 Å². The minimum Gasteiger partial charge on any atom is -0.254 e. The maximum Gasteiger partial charge on any atom is 0.117 e. The maximum absolute atomic E-state index is 4.28. The molecule has 1 radical (unpaired) electrons. The van der Waals surface area contributed by atoms with Gasteiger partial charge in [0, 0.05) is 5.39 Å². The minimum absolute atomic E-state index is 0.860. The van der Waals surface area contributed by atoms with Gasteiger partial charge in [-0.1, -0.05) is 18.2 Å². The summed E-state index contributed by atoms with van der Waals surface area (Å²) in [7, 11) is 0. The molecule has 3 heteroatoms. The summed E-state index contributed by atoms with van der Waals surface area (Å²) >= 11 is 0. The molecule has 0 aliphatic carbocycles. The van der Waals surface area contributed by atoms with E-state index in [1.54, 1.807) is 12.5 Å². The first kappa shape index (κ1) is 6.60. The average molecular weight is 168 g/mol. The molecule has 1 aliphatic rings. The molecule has 1 aromatic carbocycles. The van der Waals surface area contributed by atoms with E-state index in [2.05, 4.69) is 15.3 Å². The van der Waals surface area contributed by atoms with Gasteiger partial charge in [-0.05, 0) is 6.07 Å². The summed E-state index contributed by atoms with van der Waals surface area (Å²) in [4.78, 5) is 8.37. The van der Waals surface area contributed by atoms with Crippen molar-refractivity contribution >= 4 is 28.6 Å². The smallest absolute Gasteiger partial charge is 0.117 e. The molecule has 2 aromatic rings. The van der Waals surface area contributed by atoms with Gasteiger partial charge in [-0.3, -0.25) is 4.98 Å². The molecule has 0 bridgehead atoms. The standard InChI is InChI=1S/C10H6N3/c1-2-4-8-7(3-1)10-9(5-11-8)12-6-13-10/h1-6H. The first-order valence-electron chi connectivity index (χ1n) is 4.06. The number of fused-ring (bicyclic) bond motifs is 3. The lowest BCUT2D eigenvalue weighted by atomic mass is 10.2. The Morgan fingerprint density at radius 2 is 2.00 bits per heavy atom. The fraction of sp³-hybridized carbons (Fsp3) is 0. The van der Waals surface area contributed by atoms with E-state index in [1.165, 1.54) is 0 Å². The molecule has 0 fully saturated rings. The molecule has 0 amide bonds. The number of nitrogens with zero attached hydrogens (tertiary/aromatic N) is 3. The van der Waals surface area contributed by atoms with Crippen LogP contribution in [-0.4, -0.2) is 11.3 Å². The van der Waals surface area contributed by atoms with Gasteiger partial charge in [0.2, 0.25) is 0 Å². The fourth-order valence-electron chi connectivity index (χ4n) is 1.50. The average Bonchev–Trinajstić information content (AvgIpc) is 2.65. The van der Waals surface area contributed by atoms with E-state index < -0.39 is 0 Å². The first-order chi connectivity index (χ1) is 6.45. The molecule has 0 N–H and O–H groups in total. The van der Waals surface area contributed by atoms with Crippen molar-refractivity contribution < 1.29 is 0 Å². The van der Waals surface area contributed by atoms with Crippen molar-refractivity contribution in [1.29, 1.82) is 0 Å². The Kier molecular flexibility index (Phi) is 1.16. The third kappa shape index (κ3) is 0.839. The van der Waals surface area contributed by atoms with E-state index >= 15 is 0 Å². The molecule has 0 atom stereocenters. The summed E-state index contributed by atoms with van der Waals surface area (Å²) in [6, 6.07) is 7.94. The molecular formula is C10H6N3. The van der Waals surface area contributed by atoms with Crippen LogP contribution >= 0.6 is 0 Å². The SMILES string of the molecule is C1=Nc2cnc3ccccc3c2[N]1. The Bertz CT molecular complexity index is 502. The molecule has 13 heavy (non-hydrogen) atoms. The van der Waals surface area contributed by atoms with Crippen LogP contribution in [0.15, 0.2) is 35.5 Å². The second-order valence-electron chi connectivity index (χ2n) is 2.88. The van der Waals surface area contributed by atoms with Gasteiger partial charge in [-0.15, -0.1) is 0 Å². The normalized spacial score (nSPS) is 12.9. The van der Waals surface area contributed by atoms with E-state index in [1.807, 2.05) is 24.3 Å². The number of hydrogen-bond acceptors (Lipinski definition) is 2. The second-order valence-corrected chi connectivity index (χ2v) is 2.88. The second kappa shape index (κ2) is 2.29. The van der Waals surface area contributed by atoms with E-state index in [-0.39, 0.29) is 0 Å². The monoisotopic (exact) mass is 168 g/mol. The quantitative estimate of drug-likeness (QED) is 0.594. The summed E-state index contributed by atoms with van der Waals surface area (Å²) in [5, 5.41) is 5.26. The number of rotatable bonds is 0. The molecule has 1 aromatic heterocycles. The highest BCUT2D eigenvalue weighted by Gasteiger charge is 2.11. The topological polar surface area (TPSA) is 39.4 Å². The Balaban J connectivity index is 2.46. The molecule has 0 saturated carbocycles. The summed E-state index contributed by atoms with van der Waals surface area (Å²) in [6.45, 7) is 0. The van der Waals surface area contributed by atoms with Crippen LogP contribution in [0.4, 0.5) is 11.4 Å². The Hall–Kier alpha value is -1.90. The predicted molar refractivity (Wildman–Crippen MR) is 51.7 cm³/mol. The van der Waals surface area contributed by atoms with Crippen LogP contribution in [0.5, 0.6) is 0 Å². The van der Waals surface area contributed by atoms with Crippen molar-refractivity contribution in [3.05, 3.63) is 30.5 Å². The van der Waals surface area contributed by atoms with Gasteiger partial charge < -0.3 is 0 Å². The van der Waals surface area contributed by atoms with Crippen molar-refractivity contribution in [2.45, 2.75) is 0 Å². The zero-order valence-corrected chi connectivity index (χ0v) is 6.81. The number of para-hydroxylation sites is 1. The maximum atomic E-state index is 4.28. The highest BCUT2D eigenvalue weighted by Crippen LogP contribution is 2.33. The van der Waals surface area contributed by atoms with Crippen LogP contribution in [0.2, 0.25) is 0 Å². The molecule has 0 spiro atoms. The third-order valence-corrected chi connectivity index (χ3v) is 2.11. The van der Waals surface area contributed by atoms with E-state index in [0.29, 0.717) is 0 Å². The minimum atomic E-state index is 0.860. The number of hydrogen-bond donors (Lipinski definition) is 0. The molecule has 2 heterocycles. The summed E-state index contributed by atoms with van der Waals surface area (Å²) in [5.74, 6) is 0. The lowest BCUT2D eigenvalue weighted by molar-refractivity contribution is 1.34. The van der Waals surface area contributed by atoms with Gasteiger partial charge in [0.15, 0.2) is 0 Å². The van der Waals surface area contributed by atoms with Gasteiger partial charge in [0.1, 0.15) is 17.7 Å². The molecule has 3 nitrogen and oxygen atoms in total. The zero-order chi connectivity index (χ0) is 8.67. The number of aliphatic imine (C=N–C) groups is 1. The lowest BCUT2D eigenvalue weighted by Crippen LogP contribution is -1.88. The highest BCUT2D eigenvalue weighted by molar-refractivity contribution is 6.00. The van der Waals surface area contributed by atoms with E-state index in [0.717, 1.165) is 22.3 Å². The highest BCUT2D eigenvalue weighted by atomic mass is 15.0. The molecule has 0 saturated heterocycles. The molecule has 0 unspecified atom stereocenters. The van der Waals surface area contributed by atoms with Crippen molar-refractivity contribution in [1.82, 2.24) is 10.3 Å². The van der Waals surface area contributed by atoms with Crippen molar-refractivity contribution in [2.24, 2.45) is 4.99 Å². The molecule has 61 valence electrons. The Morgan fingerprint density at radius 1 is 1.08 bits per heavy atom. The van der Waals surface area contributed by atoms with Crippen LogP contribution in [0.3, 0.4) is 0 Å². The van der Waals surface area contributed by atoms with Gasteiger partial charge in [-0.25, -0.2) is 10.3 Å². The first-order valence-corrected chi connectivity index (χ1v) is 4.06. The van der Waals surface area contributed by atoms with Crippen LogP contribution in [0.1, 0.15) is 0 Å². The van der Waals surface area contributed by atoms with Gasteiger partial charge in [-0.2, -0.15) is 0 Å². The fourth-order valence-corrected chi connectivity index (χ4v) is 1.50. The van der Waals surface area contributed by atoms with Gasteiger partial charge >= 0.3 is 0 Å². The summed E-state index contributed by atoms with van der Waals surface area (Å²) in [6.07, 6.45) is 3.32. The van der Waals surface area contributed by atoms with Crippen LogP contribution in [0.25, 0.3) is 10.9 Å². The predicted octanol–water partition coefficient (Wildman–Crippen LogP) is 2.14. The van der Waals surface area contributed by atoms with Crippen molar-refractivity contribution in [2.75, 3.05) is 0 Å². The van der Waals surface area contributed by atoms with E-state index in [4.69, 9.17) is 0 Å². The molecular weight excluding hydrogens is 162 g/mol. The largest absolute Gasteiger partial charge is 0.254 e. The van der Waals surface area contributed by atoms with Crippen molar-refractivity contribution in [3.63, 3.8) is 0 Å².